The van der Waals surface area contributed by atoms with Crippen LogP contribution in [-0.2, 0) is 26.6 Å². The molecule has 2 aromatic heterocycles. The molecule has 1 aromatic carbocycles. The van der Waals surface area contributed by atoms with Crippen molar-refractivity contribution in [2.45, 2.75) is 39.8 Å². The van der Waals surface area contributed by atoms with E-state index < -0.39 is 0 Å². The summed E-state index contributed by atoms with van der Waals surface area (Å²) in [5.74, 6) is 1.28. The number of nitrogens with zero attached hydrogens (tertiary/aromatic N) is 5. The molecule has 1 amide bonds. The molecule has 0 radical (unpaired) electrons. The van der Waals surface area contributed by atoms with Crippen molar-refractivity contribution < 1.29 is 9.53 Å². The highest BCUT2D eigenvalue weighted by Crippen LogP contribution is 2.32. The number of imidazole rings is 1. The normalized spacial score (nSPS) is 13.4. The second-order valence-electron chi connectivity index (χ2n) is 7.59. The number of halogens is 1. The summed E-state index contributed by atoms with van der Waals surface area (Å²) >= 11 is 6.06. The largest absolute Gasteiger partial charge is 0.496 e. The molecule has 0 saturated heterocycles. The van der Waals surface area contributed by atoms with Gasteiger partial charge in [-0.25, -0.2) is 4.98 Å². The van der Waals surface area contributed by atoms with Crippen molar-refractivity contribution in [2.75, 3.05) is 13.7 Å². The van der Waals surface area contributed by atoms with Crippen molar-refractivity contribution in [3.63, 3.8) is 0 Å². The number of hydrogen-bond donors (Lipinski definition) is 0. The van der Waals surface area contributed by atoms with Crippen LogP contribution in [0.15, 0.2) is 24.4 Å². The minimum atomic E-state index is -0.0722. The molecule has 1 aliphatic rings. The van der Waals surface area contributed by atoms with Crippen LogP contribution in [0, 0.1) is 6.92 Å². The molecule has 0 spiro atoms. The third-order valence-electron chi connectivity index (χ3n) is 5.64. The van der Waals surface area contributed by atoms with Gasteiger partial charge in [-0.05, 0) is 31.5 Å². The zero-order valence-corrected chi connectivity index (χ0v) is 18.5. The van der Waals surface area contributed by atoms with Crippen molar-refractivity contribution >= 4 is 17.5 Å². The van der Waals surface area contributed by atoms with Gasteiger partial charge < -0.3 is 14.2 Å². The molecule has 0 aliphatic carbocycles. The maximum Gasteiger partial charge on any atom is 0.257 e. The molecule has 0 unspecified atom stereocenters. The van der Waals surface area contributed by atoms with E-state index >= 15 is 0 Å². The predicted molar refractivity (Wildman–Crippen MR) is 116 cm³/mol. The minimum absolute atomic E-state index is 0.0722. The number of fused-ring (bicyclic) bond motifs is 1. The van der Waals surface area contributed by atoms with Gasteiger partial charge in [-0.3, -0.25) is 9.48 Å². The zero-order chi connectivity index (χ0) is 21.4. The summed E-state index contributed by atoms with van der Waals surface area (Å²) in [6, 6.07) is 5.11. The van der Waals surface area contributed by atoms with E-state index in [1.54, 1.807) is 25.3 Å². The fraction of sp³-hybridized carbons (Fsp3) is 0.409. The molecule has 0 bridgehead atoms. The van der Waals surface area contributed by atoms with E-state index in [4.69, 9.17) is 21.4 Å². The lowest BCUT2D eigenvalue weighted by Crippen LogP contribution is -2.36. The van der Waals surface area contributed by atoms with Crippen LogP contribution in [0.2, 0.25) is 5.02 Å². The molecule has 7 nitrogen and oxygen atoms in total. The molecule has 0 fully saturated rings. The molecule has 1 aliphatic heterocycles. The Bertz CT molecular complexity index is 1100. The highest BCUT2D eigenvalue weighted by molar-refractivity contribution is 6.30. The number of amides is 1. The standard InChI is InChI=1S/C22H26ClN5O2/c1-5-9-28-14(2)12-24-21(28)20-17-13-27(10-8-18(17)26(3)25-20)22(29)16-7-6-15(23)11-19(16)30-4/h6-7,11-12H,5,8-10,13H2,1-4H3. The van der Waals surface area contributed by atoms with E-state index in [1.165, 1.54) is 0 Å². The number of benzene rings is 1. The Labute approximate surface area is 181 Å². The van der Waals surface area contributed by atoms with Gasteiger partial charge in [-0.15, -0.1) is 0 Å². The lowest BCUT2D eigenvalue weighted by atomic mass is 10.0. The Balaban J connectivity index is 1.70. The third-order valence-corrected chi connectivity index (χ3v) is 5.87. The van der Waals surface area contributed by atoms with Gasteiger partial charge >= 0.3 is 0 Å². The molecule has 0 N–H and O–H groups in total. The fourth-order valence-electron chi connectivity index (χ4n) is 4.11. The Kier molecular flexibility index (Phi) is 5.56. The van der Waals surface area contributed by atoms with Gasteiger partial charge in [0, 0.05) is 54.7 Å². The first-order chi connectivity index (χ1) is 14.4. The summed E-state index contributed by atoms with van der Waals surface area (Å²) in [6.45, 7) is 6.21. The molecule has 8 heteroatoms. The Hall–Kier alpha value is -2.80. The molecule has 3 aromatic rings. The van der Waals surface area contributed by atoms with Crippen molar-refractivity contribution in [2.24, 2.45) is 7.05 Å². The maximum atomic E-state index is 13.3. The highest BCUT2D eigenvalue weighted by Gasteiger charge is 2.30. The van der Waals surface area contributed by atoms with Crippen molar-refractivity contribution in [1.82, 2.24) is 24.2 Å². The van der Waals surface area contributed by atoms with Crippen molar-refractivity contribution in [1.29, 1.82) is 0 Å². The van der Waals surface area contributed by atoms with Gasteiger partial charge in [-0.2, -0.15) is 5.10 Å². The van der Waals surface area contributed by atoms with Crippen LogP contribution in [0.5, 0.6) is 5.75 Å². The summed E-state index contributed by atoms with van der Waals surface area (Å²) < 4.78 is 9.51. The number of methoxy groups -OCH3 is 1. The summed E-state index contributed by atoms with van der Waals surface area (Å²) in [6.07, 6.45) is 3.64. The Morgan fingerprint density at radius 1 is 1.33 bits per heavy atom. The number of aromatic nitrogens is 4. The van der Waals surface area contributed by atoms with E-state index in [0.717, 1.165) is 47.9 Å². The van der Waals surface area contributed by atoms with Gasteiger partial charge in [0.05, 0.1) is 19.2 Å². The lowest BCUT2D eigenvalue weighted by Gasteiger charge is -2.28. The van der Waals surface area contributed by atoms with Crippen LogP contribution in [-0.4, -0.2) is 43.8 Å². The summed E-state index contributed by atoms with van der Waals surface area (Å²) in [5.41, 5.74) is 4.70. The molecule has 4 rings (SSSR count). The van der Waals surface area contributed by atoms with Crippen LogP contribution in [0.3, 0.4) is 0 Å². The second kappa shape index (κ2) is 8.14. The van der Waals surface area contributed by atoms with Crippen LogP contribution < -0.4 is 4.74 Å². The molecule has 0 atom stereocenters. The number of ether oxygens (including phenoxy) is 1. The van der Waals surface area contributed by atoms with E-state index in [2.05, 4.69) is 23.4 Å². The van der Waals surface area contributed by atoms with Crippen molar-refractivity contribution in [3.8, 4) is 17.3 Å². The average Bonchev–Trinajstić information content (AvgIpc) is 3.27. The number of carbonyl (C=O) groups is 1. The molecule has 3 heterocycles. The molecule has 158 valence electrons. The number of aryl methyl sites for hydroxylation is 2. The molecule has 0 saturated carbocycles. The summed E-state index contributed by atoms with van der Waals surface area (Å²) in [4.78, 5) is 19.8. The van der Waals surface area contributed by atoms with Gasteiger partial charge in [0.15, 0.2) is 5.82 Å². The highest BCUT2D eigenvalue weighted by atomic mass is 35.5. The van der Waals surface area contributed by atoms with Gasteiger partial charge in [0.1, 0.15) is 11.4 Å². The van der Waals surface area contributed by atoms with E-state index in [1.807, 2.05) is 22.8 Å². The SMILES string of the molecule is CCCn1c(C)cnc1-c1nn(C)c2c1CN(C(=O)c1ccc(Cl)cc1OC)CC2. The first kappa shape index (κ1) is 20.5. The first-order valence-corrected chi connectivity index (χ1v) is 10.5. The van der Waals surface area contributed by atoms with Crippen LogP contribution in [0.4, 0.5) is 0 Å². The quantitative estimate of drug-likeness (QED) is 0.620. The van der Waals surface area contributed by atoms with Crippen LogP contribution >= 0.6 is 11.6 Å². The topological polar surface area (TPSA) is 65.2 Å². The number of rotatable bonds is 5. The van der Waals surface area contributed by atoms with E-state index in [-0.39, 0.29) is 5.91 Å². The number of carbonyl (C=O) groups excluding carboxylic acids is 1. The molecule has 30 heavy (non-hydrogen) atoms. The lowest BCUT2D eigenvalue weighted by molar-refractivity contribution is 0.0730. The van der Waals surface area contributed by atoms with Gasteiger partial charge in [0.2, 0.25) is 0 Å². The third kappa shape index (κ3) is 3.47. The van der Waals surface area contributed by atoms with Crippen molar-refractivity contribution in [3.05, 3.63) is 51.9 Å². The first-order valence-electron chi connectivity index (χ1n) is 10.1. The van der Waals surface area contributed by atoms with Gasteiger partial charge in [-0.1, -0.05) is 18.5 Å². The maximum absolute atomic E-state index is 13.3. The Morgan fingerprint density at radius 2 is 2.13 bits per heavy atom. The molecular formula is C22H26ClN5O2. The monoisotopic (exact) mass is 427 g/mol. The van der Waals surface area contributed by atoms with Crippen LogP contribution in [0.25, 0.3) is 11.5 Å². The summed E-state index contributed by atoms with van der Waals surface area (Å²) in [5, 5.41) is 5.32. The van der Waals surface area contributed by atoms with Crippen LogP contribution in [0.1, 0.15) is 40.7 Å². The second-order valence-corrected chi connectivity index (χ2v) is 8.03. The molecular weight excluding hydrogens is 402 g/mol. The average molecular weight is 428 g/mol. The predicted octanol–water partition coefficient (Wildman–Crippen LogP) is 3.86. The van der Waals surface area contributed by atoms with E-state index in [0.29, 0.717) is 29.4 Å². The van der Waals surface area contributed by atoms with E-state index in [9.17, 15) is 4.79 Å². The number of hydrogen-bond acceptors (Lipinski definition) is 4. The fourth-order valence-corrected chi connectivity index (χ4v) is 4.28. The zero-order valence-electron chi connectivity index (χ0n) is 17.8. The van der Waals surface area contributed by atoms with Gasteiger partial charge in [0.25, 0.3) is 5.91 Å². The smallest absolute Gasteiger partial charge is 0.257 e. The summed E-state index contributed by atoms with van der Waals surface area (Å²) in [7, 11) is 3.51. The minimum Gasteiger partial charge on any atom is -0.496 e. The Morgan fingerprint density at radius 3 is 2.87 bits per heavy atom.